The summed E-state index contributed by atoms with van der Waals surface area (Å²) >= 11 is 1.01. The normalized spacial score (nSPS) is 24.6. The number of nitrogen functional groups attached to an aromatic ring is 1. The number of Topliss-reactive ketones (excluding diaryl/α,β-unsaturated/α-hetero) is 2. The van der Waals surface area contributed by atoms with E-state index in [1.54, 1.807) is 0 Å². The Hall–Kier alpha value is -2.99. The van der Waals surface area contributed by atoms with Crippen LogP contribution in [0.15, 0.2) is 10.5 Å². The molecule has 0 aliphatic carbocycles. The van der Waals surface area contributed by atoms with Gasteiger partial charge in [0.25, 0.3) is 11.8 Å². The van der Waals surface area contributed by atoms with E-state index in [2.05, 4.69) is 15.5 Å². The molecule has 1 aromatic heterocycles. The van der Waals surface area contributed by atoms with E-state index in [0.29, 0.717) is 0 Å². The average Bonchev–Trinajstić information content (AvgIpc) is 3.16. The lowest BCUT2D eigenvalue weighted by atomic mass is 10.0. The molecule has 4 N–H and O–H groups in total. The fourth-order valence-corrected chi connectivity index (χ4v) is 4.68. The van der Waals surface area contributed by atoms with Crippen LogP contribution in [0.1, 0.15) is 19.0 Å². The number of thiazole rings is 1. The van der Waals surface area contributed by atoms with Crippen LogP contribution in [-0.2, 0) is 39.2 Å². The maximum atomic E-state index is 12.8. The number of hydrogen-bond donors (Lipinski definition) is 3. The Morgan fingerprint density at radius 1 is 1.39 bits per heavy atom. The van der Waals surface area contributed by atoms with E-state index >= 15 is 0 Å². The Morgan fingerprint density at radius 2 is 2.09 bits per heavy atom. The summed E-state index contributed by atoms with van der Waals surface area (Å²) in [6, 6.07) is -2.93. The minimum absolute atomic E-state index is 0.0274. The van der Waals surface area contributed by atoms with Crippen LogP contribution >= 0.6 is 11.3 Å². The predicted molar refractivity (Wildman–Crippen MR) is 111 cm³/mol. The van der Waals surface area contributed by atoms with Crippen molar-refractivity contribution in [3.05, 3.63) is 11.1 Å². The van der Waals surface area contributed by atoms with Gasteiger partial charge in [0.15, 0.2) is 10.8 Å². The molecule has 3 atom stereocenters. The first-order chi connectivity index (χ1) is 15.4. The monoisotopic (exact) mass is 504 g/mol. The molecule has 17 heteroatoms. The number of carbonyl (C=O) groups excluding carboxylic acids is 4. The van der Waals surface area contributed by atoms with Crippen molar-refractivity contribution in [2.75, 3.05) is 26.0 Å². The second-order valence-electron chi connectivity index (χ2n) is 7.07. The van der Waals surface area contributed by atoms with Gasteiger partial charge in [-0.15, -0.1) is 11.3 Å². The number of piperidine rings is 1. The van der Waals surface area contributed by atoms with Crippen LogP contribution in [0.5, 0.6) is 0 Å². The van der Waals surface area contributed by atoms with Crippen molar-refractivity contribution >= 4 is 55.9 Å². The zero-order valence-electron chi connectivity index (χ0n) is 17.3. The largest absolute Gasteiger partial charge is 0.393 e. The highest BCUT2D eigenvalue weighted by Gasteiger charge is 2.51. The van der Waals surface area contributed by atoms with Gasteiger partial charge in [-0.1, -0.05) is 5.16 Å². The van der Waals surface area contributed by atoms with Gasteiger partial charge in [0.2, 0.25) is 11.6 Å². The van der Waals surface area contributed by atoms with Crippen molar-refractivity contribution in [3.63, 3.8) is 0 Å². The summed E-state index contributed by atoms with van der Waals surface area (Å²) in [6.07, 6.45) is -0.174. The molecule has 0 spiro atoms. The summed E-state index contributed by atoms with van der Waals surface area (Å²) in [5, 5.41) is 8.87. The van der Waals surface area contributed by atoms with Gasteiger partial charge in [0.1, 0.15) is 18.3 Å². The molecule has 0 aromatic carbocycles. The van der Waals surface area contributed by atoms with Gasteiger partial charge in [-0.25, -0.2) is 9.29 Å². The molecule has 1 aromatic rings. The number of oxime groups is 1. The van der Waals surface area contributed by atoms with E-state index in [0.717, 1.165) is 11.3 Å². The Morgan fingerprint density at radius 3 is 2.64 bits per heavy atom. The zero-order chi connectivity index (χ0) is 24.5. The quantitative estimate of drug-likeness (QED) is 0.113. The van der Waals surface area contributed by atoms with Gasteiger partial charge in [-0.3, -0.25) is 23.7 Å². The molecule has 2 fully saturated rings. The first kappa shape index (κ1) is 24.6. The number of nitrogens with zero attached hydrogens (tertiary/aromatic N) is 4. The fourth-order valence-electron chi connectivity index (χ4n) is 3.25. The molecule has 33 heavy (non-hydrogen) atoms. The number of anilines is 1. The number of hydroxylamine groups is 2. The molecule has 15 nitrogen and oxygen atoms in total. The van der Waals surface area contributed by atoms with Crippen molar-refractivity contribution in [1.29, 1.82) is 0 Å². The summed E-state index contributed by atoms with van der Waals surface area (Å²) in [4.78, 5) is 62.3. The first-order valence-corrected chi connectivity index (χ1v) is 11.6. The van der Waals surface area contributed by atoms with Gasteiger partial charge < -0.3 is 20.7 Å². The number of nitrogens with two attached hydrogens (primary N) is 1. The lowest BCUT2D eigenvalue weighted by Crippen LogP contribution is -2.71. The molecule has 2 saturated heterocycles. The van der Waals surface area contributed by atoms with E-state index in [-0.39, 0.29) is 40.4 Å². The number of rotatable bonds is 8. The minimum Gasteiger partial charge on any atom is -0.393 e. The van der Waals surface area contributed by atoms with Crippen molar-refractivity contribution in [2.45, 2.75) is 31.5 Å². The van der Waals surface area contributed by atoms with E-state index in [1.807, 2.05) is 0 Å². The molecular weight excluding hydrogens is 484 g/mol. The summed E-state index contributed by atoms with van der Waals surface area (Å²) in [5.41, 5.74) is 5.27. The predicted octanol–water partition coefficient (Wildman–Crippen LogP) is -2.26. The standard InChI is InChI=1S/C16H20N6O9S2/c1-7-12(15(26)22(7)33(27,28)29)19-14(25)13(9-6-32-16(17)18-9)20-31-5-8-3-10(23)11(24)4-21(8)30-2/h6-8,12H,3-5H2,1-2H3,(H2,17,18)(H,19,25)(H,27,28,29)/t7-,8?,12-/m0/s1. The topological polar surface area (TPSA) is 211 Å². The molecule has 2 aliphatic rings. The summed E-state index contributed by atoms with van der Waals surface area (Å²) in [6.45, 7) is 0.836. The van der Waals surface area contributed by atoms with Gasteiger partial charge in [-0.2, -0.15) is 13.5 Å². The van der Waals surface area contributed by atoms with Crippen molar-refractivity contribution < 1.29 is 41.8 Å². The fraction of sp³-hybridized carbons (Fsp3) is 0.500. The Kier molecular flexibility index (Phi) is 7.08. The van der Waals surface area contributed by atoms with Crippen LogP contribution in [0.25, 0.3) is 0 Å². The van der Waals surface area contributed by atoms with Gasteiger partial charge in [0.05, 0.1) is 25.7 Å². The summed E-state index contributed by atoms with van der Waals surface area (Å²) < 4.78 is 31.8. The van der Waals surface area contributed by atoms with Crippen molar-refractivity contribution in [1.82, 2.24) is 19.7 Å². The Bertz CT molecular complexity index is 1120. The Labute approximate surface area is 191 Å². The minimum atomic E-state index is -4.76. The van der Waals surface area contributed by atoms with Crippen molar-refractivity contribution in [2.24, 2.45) is 5.16 Å². The number of amides is 2. The first-order valence-electron chi connectivity index (χ1n) is 9.33. The third kappa shape index (κ3) is 5.17. The SMILES string of the molecule is CON1CC(=O)C(=O)CC1CON=C(C(=O)N[C@@H]1C(=O)N(S(=O)(=O)O)[C@H]1C)c1csc(N)n1. The van der Waals surface area contributed by atoms with Crippen LogP contribution in [0, 0.1) is 0 Å². The number of ketones is 2. The van der Waals surface area contributed by atoms with Crippen LogP contribution in [0.2, 0.25) is 0 Å². The molecule has 3 heterocycles. The molecule has 0 saturated carbocycles. The number of aromatic nitrogens is 1. The molecule has 180 valence electrons. The van der Waals surface area contributed by atoms with E-state index < -0.39 is 51.8 Å². The molecule has 0 bridgehead atoms. The number of β-lactam (4-membered cyclic amide) rings is 1. The molecular formula is C16H20N6O9S2. The number of hydrogen-bond acceptors (Lipinski definition) is 13. The zero-order valence-corrected chi connectivity index (χ0v) is 19.0. The van der Waals surface area contributed by atoms with Crippen LogP contribution in [0.3, 0.4) is 0 Å². The molecule has 3 rings (SSSR count). The third-order valence-electron chi connectivity index (χ3n) is 4.95. The lowest BCUT2D eigenvalue weighted by molar-refractivity contribution is -0.190. The lowest BCUT2D eigenvalue weighted by Gasteiger charge is -2.42. The molecule has 0 radical (unpaired) electrons. The van der Waals surface area contributed by atoms with Crippen LogP contribution in [-0.4, -0.2) is 94.8 Å². The molecule has 2 amide bonds. The second kappa shape index (κ2) is 9.48. The van der Waals surface area contributed by atoms with Gasteiger partial charge >= 0.3 is 10.3 Å². The molecule has 2 aliphatic heterocycles. The van der Waals surface area contributed by atoms with E-state index in [4.69, 9.17) is 20.0 Å². The van der Waals surface area contributed by atoms with E-state index in [1.165, 1.54) is 24.5 Å². The van der Waals surface area contributed by atoms with Crippen LogP contribution < -0.4 is 11.1 Å². The van der Waals surface area contributed by atoms with Crippen LogP contribution in [0.4, 0.5) is 5.13 Å². The maximum absolute atomic E-state index is 12.8. The third-order valence-corrected chi connectivity index (χ3v) is 6.63. The highest BCUT2D eigenvalue weighted by Crippen LogP contribution is 2.23. The van der Waals surface area contributed by atoms with Crippen molar-refractivity contribution in [3.8, 4) is 0 Å². The number of carbonyl (C=O) groups is 4. The molecule has 1 unspecified atom stereocenters. The Balaban J connectivity index is 1.73. The highest BCUT2D eigenvalue weighted by atomic mass is 32.2. The van der Waals surface area contributed by atoms with Gasteiger partial charge in [-0.05, 0) is 6.92 Å². The summed E-state index contributed by atoms with van der Waals surface area (Å²) in [5.74, 6) is -3.14. The van der Waals surface area contributed by atoms with E-state index in [9.17, 15) is 27.6 Å². The average molecular weight is 505 g/mol. The highest BCUT2D eigenvalue weighted by molar-refractivity contribution is 7.84. The second-order valence-corrected chi connectivity index (χ2v) is 9.25. The maximum Gasteiger partial charge on any atom is 0.362 e. The smallest absolute Gasteiger partial charge is 0.362 e. The van der Waals surface area contributed by atoms with Gasteiger partial charge in [0, 0.05) is 11.8 Å². The summed E-state index contributed by atoms with van der Waals surface area (Å²) in [7, 11) is -3.44. The number of nitrogens with one attached hydrogen (secondary N) is 1.